The maximum atomic E-state index is 3.65. The van der Waals surface area contributed by atoms with Gasteiger partial charge in [-0.3, -0.25) is 0 Å². The summed E-state index contributed by atoms with van der Waals surface area (Å²) >= 11 is 3.58. The first-order chi connectivity index (χ1) is 7.65. The highest BCUT2D eigenvalue weighted by molar-refractivity contribution is 9.10. The summed E-state index contributed by atoms with van der Waals surface area (Å²) in [5.41, 5.74) is 2.54. The molecule has 88 valence electrons. The van der Waals surface area contributed by atoms with E-state index in [9.17, 15) is 0 Å². The van der Waals surface area contributed by atoms with Crippen molar-refractivity contribution in [3.05, 3.63) is 28.2 Å². The second-order valence-electron chi connectivity index (χ2n) is 5.08. The molecule has 1 aliphatic carbocycles. The molecule has 1 aromatic rings. The normalized spacial score (nSPS) is 25.4. The molecule has 0 saturated heterocycles. The number of anilines is 1. The van der Waals surface area contributed by atoms with E-state index < -0.39 is 0 Å². The van der Waals surface area contributed by atoms with Crippen molar-refractivity contribution in [2.24, 2.45) is 5.92 Å². The summed E-state index contributed by atoms with van der Waals surface area (Å²) in [4.78, 5) is 0. The van der Waals surface area contributed by atoms with Gasteiger partial charge in [0.15, 0.2) is 0 Å². The zero-order chi connectivity index (χ0) is 11.5. The lowest BCUT2D eigenvalue weighted by molar-refractivity contribution is 0.358. The van der Waals surface area contributed by atoms with Crippen LogP contribution in [0.4, 0.5) is 5.69 Å². The van der Waals surface area contributed by atoms with Gasteiger partial charge in [0.1, 0.15) is 0 Å². The molecule has 1 saturated carbocycles. The number of benzene rings is 1. The lowest BCUT2D eigenvalue weighted by Crippen LogP contribution is -2.26. The van der Waals surface area contributed by atoms with E-state index in [-0.39, 0.29) is 0 Å². The minimum atomic E-state index is 0.665. The van der Waals surface area contributed by atoms with Crippen molar-refractivity contribution in [1.82, 2.24) is 0 Å². The van der Waals surface area contributed by atoms with Crippen molar-refractivity contribution >= 4 is 21.6 Å². The minimum absolute atomic E-state index is 0.665. The molecule has 2 heteroatoms. The van der Waals surface area contributed by atoms with Gasteiger partial charge in [0.25, 0.3) is 0 Å². The van der Waals surface area contributed by atoms with E-state index in [0.29, 0.717) is 6.04 Å². The van der Waals surface area contributed by atoms with Crippen LogP contribution in [0.1, 0.15) is 38.2 Å². The SMILES string of the molecule is Cc1ccc(NC2CCCC(C)C2)cc1Br. The average Bonchev–Trinajstić information content (AvgIpc) is 2.24. The highest BCUT2D eigenvalue weighted by atomic mass is 79.9. The van der Waals surface area contributed by atoms with Crippen molar-refractivity contribution in [3.63, 3.8) is 0 Å². The van der Waals surface area contributed by atoms with Crippen LogP contribution in [0.15, 0.2) is 22.7 Å². The molecule has 0 radical (unpaired) electrons. The topological polar surface area (TPSA) is 12.0 Å². The monoisotopic (exact) mass is 281 g/mol. The molecular weight excluding hydrogens is 262 g/mol. The summed E-state index contributed by atoms with van der Waals surface area (Å²) in [6.07, 6.45) is 5.39. The zero-order valence-corrected chi connectivity index (χ0v) is 11.7. The van der Waals surface area contributed by atoms with Crippen molar-refractivity contribution in [2.75, 3.05) is 5.32 Å². The summed E-state index contributed by atoms with van der Waals surface area (Å²) in [5.74, 6) is 0.875. The molecule has 0 aromatic heterocycles. The molecular formula is C14H20BrN. The van der Waals surface area contributed by atoms with Crippen LogP contribution in [0.3, 0.4) is 0 Å². The van der Waals surface area contributed by atoms with E-state index in [1.165, 1.54) is 41.4 Å². The molecule has 0 amide bonds. The molecule has 1 nitrogen and oxygen atoms in total. The molecule has 1 aromatic carbocycles. The van der Waals surface area contributed by atoms with Gasteiger partial charge in [-0.05, 0) is 43.4 Å². The maximum absolute atomic E-state index is 3.65. The van der Waals surface area contributed by atoms with Crippen LogP contribution in [0, 0.1) is 12.8 Å². The fraction of sp³-hybridized carbons (Fsp3) is 0.571. The van der Waals surface area contributed by atoms with Crippen LogP contribution in [0.2, 0.25) is 0 Å². The summed E-state index contributed by atoms with van der Waals surface area (Å²) in [6.45, 7) is 4.48. The van der Waals surface area contributed by atoms with Crippen molar-refractivity contribution in [3.8, 4) is 0 Å². The van der Waals surface area contributed by atoms with Gasteiger partial charge in [0.2, 0.25) is 0 Å². The fourth-order valence-electron chi connectivity index (χ4n) is 2.48. The van der Waals surface area contributed by atoms with Crippen LogP contribution in [0.25, 0.3) is 0 Å². The molecule has 0 spiro atoms. The summed E-state index contributed by atoms with van der Waals surface area (Å²) in [5, 5.41) is 3.65. The molecule has 2 atom stereocenters. The lowest BCUT2D eigenvalue weighted by atomic mass is 9.87. The minimum Gasteiger partial charge on any atom is -0.382 e. The number of hydrogen-bond donors (Lipinski definition) is 1. The van der Waals surface area contributed by atoms with Crippen LogP contribution in [-0.4, -0.2) is 6.04 Å². The third-order valence-corrected chi connectivity index (χ3v) is 4.33. The Labute approximate surface area is 107 Å². The average molecular weight is 282 g/mol. The third kappa shape index (κ3) is 3.00. The summed E-state index contributed by atoms with van der Waals surface area (Å²) in [7, 11) is 0. The van der Waals surface area contributed by atoms with E-state index in [1.807, 2.05) is 0 Å². The van der Waals surface area contributed by atoms with Crippen LogP contribution in [-0.2, 0) is 0 Å². The van der Waals surface area contributed by atoms with Crippen molar-refractivity contribution in [2.45, 2.75) is 45.6 Å². The second kappa shape index (κ2) is 5.22. The summed E-state index contributed by atoms with van der Waals surface area (Å²) in [6, 6.07) is 7.20. The molecule has 0 bridgehead atoms. The van der Waals surface area contributed by atoms with E-state index in [2.05, 4.69) is 53.3 Å². The first kappa shape index (κ1) is 12.0. The van der Waals surface area contributed by atoms with Gasteiger partial charge < -0.3 is 5.32 Å². The van der Waals surface area contributed by atoms with Gasteiger partial charge in [0.05, 0.1) is 0 Å². The molecule has 2 unspecified atom stereocenters. The van der Waals surface area contributed by atoms with Crippen molar-refractivity contribution in [1.29, 1.82) is 0 Å². The van der Waals surface area contributed by atoms with Crippen LogP contribution >= 0.6 is 15.9 Å². The first-order valence-corrected chi connectivity index (χ1v) is 6.97. The highest BCUT2D eigenvalue weighted by Gasteiger charge is 2.18. The smallest absolute Gasteiger partial charge is 0.0353 e. The van der Waals surface area contributed by atoms with Gasteiger partial charge in [-0.2, -0.15) is 0 Å². The van der Waals surface area contributed by atoms with Gasteiger partial charge in [-0.1, -0.05) is 41.8 Å². The van der Waals surface area contributed by atoms with E-state index in [1.54, 1.807) is 0 Å². The highest BCUT2D eigenvalue weighted by Crippen LogP contribution is 2.27. The number of rotatable bonds is 2. The largest absolute Gasteiger partial charge is 0.382 e. The molecule has 1 N–H and O–H groups in total. The molecule has 16 heavy (non-hydrogen) atoms. The quantitative estimate of drug-likeness (QED) is 0.825. The Morgan fingerprint density at radius 2 is 2.12 bits per heavy atom. The Bertz CT molecular complexity index is 362. The van der Waals surface area contributed by atoms with Gasteiger partial charge in [-0.25, -0.2) is 0 Å². The van der Waals surface area contributed by atoms with E-state index in [4.69, 9.17) is 0 Å². The Balaban J connectivity index is 2.00. The Hall–Kier alpha value is -0.500. The van der Waals surface area contributed by atoms with Gasteiger partial charge in [0, 0.05) is 16.2 Å². The van der Waals surface area contributed by atoms with Crippen molar-refractivity contribution < 1.29 is 0 Å². The lowest BCUT2D eigenvalue weighted by Gasteiger charge is -2.28. The summed E-state index contributed by atoms with van der Waals surface area (Å²) < 4.78 is 1.20. The van der Waals surface area contributed by atoms with Crippen LogP contribution in [0.5, 0.6) is 0 Å². The molecule has 2 rings (SSSR count). The predicted molar refractivity (Wildman–Crippen MR) is 73.9 cm³/mol. The number of aryl methyl sites for hydroxylation is 1. The first-order valence-electron chi connectivity index (χ1n) is 6.18. The maximum Gasteiger partial charge on any atom is 0.0353 e. The molecule has 0 aliphatic heterocycles. The zero-order valence-electron chi connectivity index (χ0n) is 10.1. The number of halogens is 1. The standard InChI is InChI=1S/C14H20BrN/c1-10-4-3-5-12(8-10)16-13-7-6-11(2)14(15)9-13/h6-7,9-10,12,16H,3-5,8H2,1-2H3. The van der Waals surface area contributed by atoms with Gasteiger partial charge >= 0.3 is 0 Å². The van der Waals surface area contributed by atoms with Gasteiger partial charge in [-0.15, -0.1) is 0 Å². The fourth-order valence-corrected chi connectivity index (χ4v) is 2.86. The van der Waals surface area contributed by atoms with E-state index in [0.717, 1.165) is 5.92 Å². The second-order valence-corrected chi connectivity index (χ2v) is 5.93. The molecule has 1 fully saturated rings. The Kier molecular flexibility index (Phi) is 3.91. The molecule has 0 heterocycles. The number of nitrogens with one attached hydrogen (secondary N) is 1. The molecule has 1 aliphatic rings. The Morgan fingerprint density at radius 3 is 2.81 bits per heavy atom. The van der Waals surface area contributed by atoms with Crippen LogP contribution < -0.4 is 5.32 Å². The number of hydrogen-bond acceptors (Lipinski definition) is 1. The third-order valence-electron chi connectivity index (χ3n) is 3.48. The predicted octanol–water partition coefficient (Wildman–Crippen LogP) is 4.75. The van der Waals surface area contributed by atoms with E-state index >= 15 is 0 Å². The Morgan fingerprint density at radius 1 is 1.31 bits per heavy atom.